The van der Waals surface area contributed by atoms with Crippen molar-refractivity contribution in [2.24, 2.45) is 0 Å². The fourth-order valence-electron chi connectivity index (χ4n) is 2.86. The molecule has 1 amide bonds. The maximum absolute atomic E-state index is 12.1. The molecule has 3 atom stereocenters. The van der Waals surface area contributed by atoms with Gasteiger partial charge in [0.25, 0.3) is 0 Å². The number of nitrogens with two attached hydrogens (primary N) is 1. The van der Waals surface area contributed by atoms with Gasteiger partial charge in [-0.15, -0.1) is 0 Å². The summed E-state index contributed by atoms with van der Waals surface area (Å²) in [4.78, 5) is 12.1. The first kappa shape index (κ1) is 14.9. The highest BCUT2D eigenvalue weighted by atomic mass is 16.5. The van der Waals surface area contributed by atoms with Crippen molar-refractivity contribution in [1.82, 2.24) is 5.32 Å². The van der Waals surface area contributed by atoms with E-state index in [4.69, 9.17) is 10.5 Å². The van der Waals surface area contributed by atoms with Crippen molar-refractivity contribution >= 4 is 11.6 Å². The van der Waals surface area contributed by atoms with Crippen LogP contribution in [0.3, 0.4) is 0 Å². The van der Waals surface area contributed by atoms with E-state index in [0.29, 0.717) is 6.42 Å². The quantitative estimate of drug-likeness (QED) is 0.812. The lowest BCUT2D eigenvalue weighted by Gasteiger charge is -2.21. The third kappa shape index (κ3) is 3.73. The Bertz CT molecular complexity index is 444. The highest BCUT2D eigenvalue weighted by molar-refractivity contribution is 5.77. The van der Waals surface area contributed by atoms with Crippen molar-refractivity contribution in [3.05, 3.63) is 29.8 Å². The Morgan fingerprint density at radius 2 is 2.10 bits per heavy atom. The van der Waals surface area contributed by atoms with E-state index in [1.807, 2.05) is 24.3 Å². The van der Waals surface area contributed by atoms with Crippen LogP contribution < -0.4 is 11.1 Å². The summed E-state index contributed by atoms with van der Waals surface area (Å²) in [6.07, 6.45) is 3.84. The van der Waals surface area contributed by atoms with Crippen LogP contribution in [0.15, 0.2) is 24.3 Å². The minimum absolute atomic E-state index is 0.100. The second-order valence-corrected chi connectivity index (χ2v) is 5.65. The molecule has 3 unspecified atom stereocenters. The molecule has 0 radical (unpaired) electrons. The number of benzene rings is 1. The average Bonchev–Trinajstić information content (AvgIpc) is 2.86. The van der Waals surface area contributed by atoms with Gasteiger partial charge in [-0.3, -0.25) is 4.79 Å². The van der Waals surface area contributed by atoms with Crippen LogP contribution in [0.4, 0.5) is 5.69 Å². The largest absolute Gasteiger partial charge is 0.399 e. The maximum atomic E-state index is 12.1. The molecule has 0 aromatic heterocycles. The predicted octanol–water partition coefficient (Wildman–Crippen LogP) is 2.45. The minimum atomic E-state index is 0.100. The number of carbonyl (C=O) groups excluding carboxylic acids is 1. The summed E-state index contributed by atoms with van der Waals surface area (Å²) < 4.78 is 5.40. The summed E-state index contributed by atoms with van der Waals surface area (Å²) in [5.74, 6) is 0.293. The van der Waals surface area contributed by atoms with Gasteiger partial charge in [-0.25, -0.2) is 0 Å². The Morgan fingerprint density at radius 3 is 2.75 bits per heavy atom. The molecule has 110 valence electrons. The van der Waals surface area contributed by atoms with Crippen LogP contribution in [0.25, 0.3) is 0 Å². The second-order valence-electron chi connectivity index (χ2n) is 5.65. The molecular weight excluding hydrogens is 252 g/mol. The van der Waals surface area contributed by atoms with Crippen molar-refractivity contribution in [1.29, 1.82) is 0 Å². The monoisotopic (exact) mass is 276 g/mol. The smallest absolute Gasteiger partial charge is 0.220 e. The van der Waals surface area contributed by atoms with Gasteiger partial charge in [0, 0.05) is 19.2 Å². The molecule has 4 nitrogen and oxygen atoms in total. The zero-order valence-electron chi connectivity index (χ0n) is 12.3. The predicted molar refractivity (Wildman–Crippen MR) is 80.5 cm³/mol. The Morgan fingerprint density at radius 1 is 1.40 bits per heavy atom. The standard InChI is InChI=1S/C16H24N2O2/c1-11(12-6-8-13(17)9-7-12)10-16(19)18-14-4-3-5-15(14)20-2/h6-9,11,14-15H,3-5,10,17H2,1-2H3,(H,18,19). The number of carbonyl (C=O) groups is 1. The second kappa shape index (κ2) is 6.75. The van der Waals surface area contributed by atoms with Gasteiger partial charge in [-0.05, 0) is 42.9 Å². The lowest BCUT2D eigenvalue weighted by Crippen LogP contribution is -2.41. The SMILES string of the molecule is COC1CCCC1NC(=O)CC(C)c1ccc(N)cc1. The number of hydrogen-bond donors (Lipinski definition) is 2. The molecule has 1 fully saturated rings. The fourth-order valence-corrected chi connectivity index (χ4v) is 2.86. The number of amides is 1. The number of nitrogens with one attached hydrogen (secondary N) is 1. The van der Waals surface area contributed by atoms with E-state index in [9.17, 15) is 4.79 Å². The van der Waals surface area contributed by atoms with E-state index in [1.54, 1.807) is 7.11 Å². The summed E-state index contributed by atoms with van der Waals surface area (Å²) in [6.45, 7) is 2.06. The van der Waals surface area contributed by atoms with Gasteiger partial charge in [0.05, 0.1) is 12.1 Å². The number of ether oxygens (including phenoxy) is 1. The molecule has 0 bridgehead atoms. The normalized spacial score (nSPS) is 23.5. The molecule has 0 heterocycles. The van der Waals surface area contributed by atoms with E-state index < -0.39 is 0 Å². The van der Waals surface area contributed by atoms with Gasteiger partial charge in [-0.2, -0.15) is 0 Å². The van der Waals surface area contributed by atoms with Crippen molar-refractivity contribution in [3.63, 3.8) is 0 Å². The lowest BCUT2D eigenvalue weighted by atomic mass is 9.97. The molecule has 1 aliphatic carbocycles. The molecule has 20 heavy (non-hydrogen) atoms. The van der Waals surface area contributed by atoms with E-state index in [0.717, 1.165) is 30.5 Å². The third-order valence-electron chi connectivity index (χ3n) is 4.10. The molecule has 1 aliphatic rings. The van der Waals surface area contributed by atoms with Crippen LogP contribution in [0.5, 0.6) is 0 Å². The summed E-state index contributed by atoms with van der Waals surface area (Å²) >= 11 is 0. The van der Waals surface area contributed by atoms with Gasteiger partial charge < -0.3 is 15.8 Å². The van der Waals surface area contributed by atoms with Crippen molar-refractivity contribution in [2.75, 3.05) is 12.8 Å². The zero-order valence-corrected chi connectivity index (χ0v) is 12.3. The first-order valence-corrected chi connectivity index (χ1v) is 7.27. The van der Waals surface area contributed by atoms with Crippen molar-refractivity contribution < 1.29 is 9.53 Å². The molecular formula is C16H24N2O2. The number of nitrogen functional groups attached to an aromatic ring is 1. The highest BCUT2D eigenvalue weighted by Gasteiger charge is 2.28. The van der Waals surface area contributed by atoms with E-state index >= 15 is 0 Å². The molecule has 0 aliphatic heterocycles. The van der Waals surface area contributed by atoms with Crippen LogP contribution in [0.2, 0.25) is 0 Å². The molecule has 1 saturated carbocycles. The Balaban J connectivity index is 1.86. The van der Waals surface area contributed by atoms with Crippen LogP contribution in [-0.2, 0) is 9.53 Å². The van der Waals surface area contributed by atoms with Crippen LogP contribution >= 0.6 is 0 Å². The van der Waals surface area contributed by atoms with Gasteiger partial charge in [0.15, 0.2) is 0 Å². The summed E-state index contributed by atoms with van der Waals surface area (Å²) in [6, 6.07) is 7.90. The van der Waals surface area contributed by atoms with Crippen LogP contribution in [0.1, 0.15) is 44.1 Å². The molecule has 4 heteroatoms. The van der Waals surface area contributed by atoms with Crippen LogP contribution in [-0.4, -0.2) is 25.2 Å². The van der Waals surface area contributed by atoms with Gasteiger partial charge >= 0.3 is 0 Å². The van der Waals surface area contributed by atoms with E-state index in [-0.39, 0.29) is 24.0 Å². The number of anilines is 1. The molecule has 0 saturated heterocycles. The first-order chi connectivity index (χ1) is 9.60. The van der Waals surface area contributed by atoms with Crippen molar-refractivity contribution in [2.45, 2.75) is 50.7 Å². The summed E-state index contributed by atoms with van der Waals surface area (Å²) in [7, 11) is 1.71. The molecule has 1 aromatic carbocycles. The fraction of sp³-hybridized carbons (Fsp3) is 0.562. The Kier molecular flexibility index (Phi) is 5.01. The van der Waals surface area contributed by atoms with Gasteiger partial charge in [0.2, 0.25) is 5.91 Å². The Labute approximate surface area is 120 Å². The molecule has 0 spiro atoms. The zero-order chi connectivity index (χ0) is 14.5. The van der Waals surface area contributed by atoms with E-state index in [2.05, 4.69) is 12.2 Å². The summed E-state index contributed by atoms with van der Waals surface area (Å²) in [5, 5.41) is 3.10. The topological polar surface area (TPSA) is 64.3 Å². The number of hydrogen-bond acceptors (Lipinski definition) is 3. The Hall–Kier alpha value is -1.55. The summed E-state index contributed by atoms with van der Waals surface area (Å²) in [5.41, 5.74) is 7.57. The van der Waals surface area contributed by atoms with Crippen molar-refractivity contribution in [3.8, 4) is 0 Å². The highest BCUT2D eigenvalue weighted by Crippen LogP contribution is 2.23. The van der Waals surface area contributed by atoms with E-state index in [1.165, 1.54) is 0 Å². The molecule has 1 aromatic rings. The average molecular weight is 276 g/mol. The molecule has 3 N–H and O–H groups in total. The minimum Gasteiger partial charge on any atom is -0.399 e. The maximum Gasteiger partial charge on any atom is 0.220 e. The number of rotatable bonds is 5. The van der Waals surface area contributed by atoms with Gasteiger partial charge in [0.1, 0.15) is 0 Å². The first-order valence-electron chi connectivity index (χ1n) is 7.27. The molecule has 2 rings (SSSR count). The third-order valence-corrected chi connectivity index (χ3v) is 4.10. The van der Waals surface area contributed by atoms with Crippen LogP contribution in [0, 0.1) is 0 Å². The number of methoxy groups -OCH3 is 1. The lowest BCUT2D eigenvalue weighted by molar-refractivity contribution is -0.122. The van der Waals surface area contributed by atoms with Gasteiger partial charge in [-0.1, -0.05) is 19.1 Å².